The molecular formula is C28H35ClN6O. The number of ether oxygens (including phenoxy) is 1. The van der Waals surface area contributed by atoms with Gasteiger partial charge in [-0.05, 0) is 82.9 Å². The third kappa shape index (κ3) is 4.24. The van der Waals surface area contributed by atoms with E-state index >= 15 is 0 Å². The van der Waals surface area contributed by atoms with Gasteiger partial charge in [0, 0.05) is 34.7 Å². The highest BCUT2D eigenvalue weighted by Gasteiger charge is 2.33. The summed E-state index contributed by atoms with van der Waals surface area (Å²) in [5.74, 6) is 2.53. The molecule has 4 heterocycles. The van der Waals surface area contributed by atoms with E-state index in [0.29, 0.717) is 17.6 Å². The van der Waals surface area contributed by atoms with Gasteiger partial charge in [0.2, 0.25) is 0 Å². The van der Waals surface area contributed by atoms with Gasteiger partial charge in [0.1, 0.15) is 17.6 Å². The van der Waals surface area contributed by atoms with Crippen molar-refractivity contribution >= 4 is 28.3 Å². The molecule has 0 aliphatic carbocycles. The van der Waals surface area contributed by atoms with E-state index in [0.717, 1.165) is 64.3 Å². The minimum Gasteiger partial charge on any atom is -0.496 e. The fraction of sp³-hybridized carbons (Fsp3) is 0.429. The topological polar surface area (TPSA) is 83.3 Å². The second-order valence-corrected chi connectivity index (χ2v) is 10.5. The third-order valence-corrected chi connectivity index (χ3v) is 8.23. The zero-order chi connectivity index (χ0) is 25.6. The molecule has 3 aromatic rings. The molecule has 36 heavy (non-hydrogen) atoms. The Morgan fingerprint density at radius 3 is 2.67 bits per heavy atom. The first-order valence-electron chi connectivity index (χ1n) is 12.6. The van der Waals surface area contributed by atoms with Gasteiger partial charge in [0.05, 0.1) is 24.1 Å². The molecule has 190 valence electrons. The van der Waals surface area contributed by atoms with E-state index in [9.17, 15) is 0 Å². The average molecular weight is 507 g/mol. The Hall–Kier alpha value is -3.03. The number of hydrogen-bond donors (Lipinski definition) is 2. The molecule has 2 aliphatic rings. The Morgan fingerprint density at radius 1 is 1.19 bits per heavy atom. The fourth-order valence-electron chi connectivity index (χ4n) is 5.76. The van der Waals surface area contributed by atoms with Gasteiger partial charge >= 0.3 is 0 Å². The number of methoxy groups -OCH3 is 1. The number of nitrogens with two attached hydrogens (primary N) is 1. The molecule has 2 aromatic heterocycles. The number of fused-ring (bicyclic) bond motifs is 1. The molecule has 2 atom stereocenters. The molecule has 1 fully saturated rings. The van der Waals surface area contributed by atoms with Crippen molar-refractivity contribution < 1.29 is 4.74 Å². The van der Waals surface area contributed by atoms with Gasteiger partial charge in [-0.25, -0.2) is 9.97 Å². The van der Waals surface area contributed by atoms with Crippen LogP contribution in [0.2, 0.25) is 5.02 Å². The summed E-state index contributed by atoms with van der Waals surface area (Å²) in [6.45, 7) is 8.57. The highest BCUT2D eigenvalue weighted by Crippen LogP contribution is 2.46. The number of rotatable bonds is 5. The van der Waals surface area contributed by atoms with Crippen molar-refractivity contribution in [3.63, 3.8) is 0 Å². The summed E-state index contributed by atoms with van der Waals surface area (Å²) in [6.07, 6.45) is 12.2. The molecule has 1 aromatic carbocycles. The molecule has 7 nitrogen and oxygen atoms in total. The van der Waals surface area contributed by atoms with Gasteiger partial charge in [-0.3, -0.25) is 0 Å². The minimum atomic E-state index is -0.164. The molecule has 0 bridgehead atoms. The van der Waals surface area contributed by atoms with Crippen molar-refractivity contribution in [2.75, 3.05) is 33.0 Å². The summed E-state index contributed by atoms with van der Waals surface area (Å²) in [6, 6.07) is 1.87. The molecule has 2 aliphatic heterocycles. The molecule has 0 saturated carbocycles. The summed E-state index contributed by atoms with van der Waals surface area (Å²) in [5, 5.41) is 1.62. The van der Waals surface area contributed by atoms with Gasteiger partial charge in [-0.2, -0.15) is 0 Å². The number of nitrogen functional groups attached to an aromatic ring is 1. The van der Waals surface area contributed by atoms with Crippen LogP contribution in [0, 0.1) is 6.92 Å². The molecule has 3 N–H and O–H groups in total. The number of allylic oxidation sites excluding steroid dienone is 2. The molecule has 0 radical (unpaired) electrons. The van der Waals surface area contributed by atoms with E-state index in [-0.39, 0.29) is 12.1 Å². The van der Waals surface area contributed by atoms with Gasteiger partial charge in [-0.1, -0.05) is 17.7 Å². The maximum absolute atomic E-state index is 6.88. The first kappa shape index (κ1) is 24.7. The highest BCUT2D eigenvalue weighted by atomic mass is 35.5. The Kier molecular flexibility index (Phi) is 6.70. The van der Waals surface area contributed by atoms with E-state index in [1.165, 1.54) is 5.56 Å². The number of H-pyrrole nitrogens is 1. The maximum Gasteiger partial charge on any atom is 0.158 e. The van der Waals surface area contributed by atoms with E-state index in [1.54, 1.807) is 7.11 Å². The normalized spacial score (nSPS) is 20.1. The summed E-state index contributed by atoms with van der Waals surface area (Å²) in [5.41, 5.74) is 11.7. The molecule has 0 spiro atoms. The van der Waals surface area contributed by atoms with Crippen molar-refractivity contribution in [3.05, 3.63) is 69.9 Å². The summed E-state index contributed by atoms with van der Waals surface area (Å²) in [7, 11) is 3.96. The quantitative estimate of drug-likeness (QED) is 0.448. The number of anilines is 1. The van der Waals surface area contributed by atoms with Crippen LogP contribution in [0.3, 0.4) is 0 Å². The minimum absolute atomic E-state index is 0.0419. The predicted octanol–water partition coefficient (Wildman–Crippen LogP) is 5.90. The van der Waals surface area contributed by atoms with Crippen molar-refractivity contribution in [3.8, 4) is 5.75 Å². The van der Waals surface area contributed by atoms with Crippen LogP contribution in [0.1, 0.15) is 67.2 Å². The lowest BCUT2D eigenvalue weighted by Gasteiger charge is -2.39. The molecule has 2 unspecified atom stereocenters. The van der Waals surface area contributed by atoms with Crippen molar-refractivity contribution in [1.29, 1.82) is 0 Å². The van der Waals surface area contributed by atoms with E-state index in [2.05, 4.69) is 67.0 Å². The molecule has 0 amide bonds. The number of aromatic amines is 1. The van der Waals surface area contributed by atoms with Crippen LogP contribution in [0.15, 0.2) is 42.4 Å². The smallest absolute Gasteiger partial charge is 0.158 e. The number of hydrogen-bond acceptors (Lipinski definition) is 6. The van der Waals surface area contributed by atoms with Crippen LogP contribution >= 0.6 is 11.6 Å². The first-order valence-corrected chi connectivity index (χ1v) is 13.0. The summed E-state index contributed by atoms with van der Waals surface area (Å²) in [4.78, 5) is 17.3. The largest absolute Gasteiger partial charge is 0.496 e. The molecular weight excluding hydrogens is 472 g/mol. The van der Waals surface area contributed by atoms with Gasteiger partial charge in [0.25, 0.3) is 0 Å². The van der Waals surface area contributed by atoms with Crippen LogP contribution in [0.5, 0.6) is 5.75 Å². The van der Waals surface area contributed by atoms with E-state index < -0.39 is 0 Å². The second kappa shape index (κ2) is 9.79. The number of halogens is 1. The Balaban J connectivity index is 1.58. The van der Waals surface area contributed by atoms with Gasteiger partial charge in [-0.15, -0.1) is 0 Å². The number of benzene rings is 1. The van der Waals surface area contributed by atoms with Crippen LogP contribution in [-0.4, -0.2) is 52.0 Å². The van der Waals surface area contributed by atoms with Gasteiger partial charge in [0.15, 0.2) is 5.82 Å². The molecule has 5 rings (SSSR count). The zero-order valence-corrected chi connectivity index (χ0v) is 22.4. The molecule has 8 heteroatoms. The fourth-order valence-corrected chi connectivity index (χ4v) is 5.98. The number of aromatic nitrogens is 3. The predicted molar refractivity (Wildman–Crippen MR) is 146 cm³/mol. The van der Waals surface area contributed by atoms with Crippen molar-refractivity contribution in [2.24, 2.45) is 0 Å². The lowest BCUT2D eigenvalue weighted by atomic mass is 9.83. The Morgan fingerprint density at radius 2 is 1.94 bits per heavy atom. The van der Waals surface area contributed by atoms with Crippen LogP contribution < -0.4 is 10.5 Å². The maximum atomic E-state index is 6.88. The van der Waals surface area contributed by atoms with Crippen molar-refractivity contribution in [2.45, 2.75) is 51.6 Å². The third-order valence-electron chi connectivity index (χ3n) is 7.84. The second-order valence-electron chi connectivity index (χ2n) is 10.1. The number of nitrogens with one attached hydrogen (secondary N) is 1. The number of piperidine rings is 1. The Labute approximate surface area is 218 Å². The standard InChI is InChI=1S/C28H35ClN6O/c1-16-7-6-10-35(25(16)28-32-23-15-31-14-21(23)27(30)33-28)18(3)20-13-22(29)17(2)24(26(20)36-5)19-8-11-34(4)12-9-19/h6-7,10,13-15,18-19,25,31H,8-9,11-12H2,1-5H3,(H2,30,32,33). The van der Waals surface area contributed by atoms with Crippen LogP contribution in [-0.2, 0) is 0 Å². The zero-order valence-electron chi connectivity index (χ0n) is 21.7. The van der Waals surface area contributed by atoms with Crippen LogP contribution in [0.4, 0.5) is 5.82 Å². The highest BCUT2D eigenvalue weighted by molar-refractivity contribution is 6.31. The monoisotopic (exact) mass is 506 g/mol. The van der Waals surface area contributed by atoms with E-state index in [4.69, 9.17) is 32.0 Å². The average Bonchev–Trinajstić information content (AvgIpc) is 3.35. The lowest BCUT2D eigenvalue weighted by Crippen LogP contribution is -2.32. The summed E-state index contributed by atoms with van der Waals surface area (Å²) >= 11 is 6.88. The SMILES string of the molecule is COc1c(C(C)N2C=CC=C(C)C2c2nc(N)c3c[nH]cc3n2)cc(Cl)c(C)c1C1CCN(C)CC1. The number of likely N-dealkylation sites (tertiary alicyclic amines) is 1. The number of nitrogens with zero attached hydrogens (tertiary/aromatic N) is 4. The van der Waals surface area contributed by atoms with Crippen molar-refractivity contribution in [1.82, 2.24) is 24.8 Å². The first-order chi connectivity index (χ1) is 17.3. The van der Waals surface area contributed by atoms with Gasteiger partial charge < -0.3 is 25.3 Å². The Bertz CT molecular complexity index is 1340. The summed E-state index contributed by atoms with van der Waals surface area (Å²) < 4.78 is 6.15. The van der Waals surface area contributed by atoms with Crippen LogP contribution in [0.25, 0.3) is 10.9 Å². The molecule has 1 saturated heterocycles. The van der Waals surface area contributed by atoms with E-state index in [1.807, 2.05) is 12.4 Å². The lowest BCUT2D eigenvalue weighted by molar-refractivity contribution is 0.227.